The Morgan fingerprint density at radius 3 is 2.43 bits per heavy atom. The topological polar surface area (TPSA) is 74.4 Å². The Balaban J connectivity index is 1.91. The third-order valence-corrected chi connectivity index (χ3v) is 3.80. The summed E-state index contributed by atoms with van der Waals surface area (Å²) in [6.45, 7) is -0.0137. The number of anilines is 1. The van der Waals surface area contributed by atoms with E-state index in [-0.39, 0.29) is 45.6 Å². The zero-order chi connectivity index (χ0) is 17.0. The van der Waals surface area contributed by atoms with Crippen molar-refractivity contribution in [1.29, 1.82) is 0 Å². The molecule has 0 atom stereocenters. The molecule has 0 amide bonds. The Morgan fingerprint density at radius 2 is 1.78 bits per heavy atom. The molecule has 2 aromatic rings. The molecule has 9 heteroatoms. The number of nitrogen functional groups attached to an aromatic ring is 1. The number of aromatic nitrogens is 1. The first-order valence-electron chi connectivity index (χ1n) is 6.25. The summed E-state index contributed by atoms with van der Waals surface area (Å²) in [4.78, 5) is 15.6. The predicted molar refractivity (Wildman–Crippen MR) is 85.9 cm³/mol. The molecule has 0 radical (unpaired) electrons. The zero-order valence-electron chi connectivity index (χ0n) is 11.5. The monoisotopic (exact) mass is 378 g/mol. The van der Waals surface area contributed by atoms with Gasteiger partial charge in [-0.15, -0.1) is 0 Å². The summed E-state index contributed by atoms with van der Waals surface area (Å²) in [6.07, 6.45) is 0. The minimum atomic E-state index is -0.817. The van der Waals surface area contributed by atoms with Crippen molar-refractivity contribution in [2.75, 3.05) is 18.9 Å². The van der Waals surface area contributed by atoms with Crippen molar-refractivity contribution < 1.29 is 18.7 Å². The van der Waals surface area contributed by atoms with Gasteiger partial charge >= 0.3 is 5.97 Å². The second-order valence-corrected chi connectivity index (χ2v) is 5.35. The van der Waals surface area contributed by atoms with Crippen LogP contribution >= 0.6 is 34.8 Å². The number of hydrogen-bond donors (Lipinski definition) is 1. The molecule has 0 spiro atoms. The minimum absolute atomic E-state index is 0.0344. The molecule has 1 aromatic carbocycles. The second kappa shape index (κ2) is 7.68. The van der Waals surface area contributed by atoms with E-state index in [1.807, 2.05) is 0 Å². The lowest BCUT2D eigenvalue weighted by Gasteiger charge is -2.10. The maximum absolute atomic E-state index is 12.7. The molecule has 0 fully saturated rings. The van der Waals surface area contributed by atoms with Gasteiger partial charge in [0.1, 0.15) is 29.8 Å². The number of benzene rings is 1. The second-order valence-electron chi connectivity index (χ2n) is 4.23. The van der Waals surface area contributed by atoms with Crippen LogP contribution in [-0.2, 0) is 4.74 Å². The molecule has 1 aromatic heterocycles. The molecule has 0 saturated heterocycles. The van der Waals surface area contributed by atoms with Crippen LogP contribution in [0.15, 0.2) is 24.3 Å². The molecule has 2 N–H and O–H groups in total. The molecule has 0 saturated carbocycles. The molecule has 0 aliphatic carbocycles. The summed E-state index contributed by atoms with van der Waals surface area (Å²) in [7, 11) is 0. The first-order chi connectivity index (χ1) is 10.9. The van der Waals surface area contributed by atoms with Crippen molar-refractivity contribution in [2.24, 2.45) is 0 Å². The number of rotatable bonds is 5. The fourth-order valence-corrected chi connectivity index (χ4v) is 2.15. The summed E-state index contributed by atoms with van der Waals surface area (Å²) in [5.74, 6) is -0.748. The quantitative estimate of drug-likeness (QED) is 0.483. The number of carbonyl (C=O) groups excluding carboxylic acids is 1. The van der Waals surface area contributed by atoms with Gasteiger partial charge in [-0.25, -0.2) is 14.2 Å². The molecule has 0 bridgehead atoms. The van der Waals surface area contributed by atoms with Crippen molar-refractivity contribution >= 4 is 46.5 Å². The zero-order valence-corrected chi connectivity index (χ0v) is 13.8. The number of nitrogens with two attached hydrogens (primary N) is 1. The van der Waals surface area contributed by atoms with Gasteiger partial charge in [0.25, 0.3) is 0 Å². The molecule has 23 heavy (non-hydrogen) atoms. The highest BCUT2D eigenvalue weighted by Gasteiger charge is 2.20. The van der Waals surface area contributed by atoms with Crippen LogP contribution < -0.4 is 10.5 Å². The SMILES string of the molecule is Nc1c(Cl)c(Cl)nc(C(=O)OCCOc2ccc(F)cc2)c1Cl. The van der Waals surface area contributed by atoms with Crippen molar-refractivity contribution in [3.05, 3.63) is 51.0 Å². The van der Waals surface area contributed by atoms with E-state index in [0.29, 0.717) is 5.75 Å². The third-order valence-electron chi connectivity index (χ3n) is 2.66. The Kier molecular flexibility index (Phi) is 5.87. The Labute approximate surface area is 146 Å². The lowest BCUT2D eigenvalue weighted by Crippen LogP contribution is -2.15. The highest BCUT2D eigenvalue weighted by Crippen LogP contribution is 2.34. The first-order valence-corrected chi connectivity index (χ1v) is 7.39. The van der Waals surface area contributed by atoms with Crippen LogP contribution in [0.25, 0.3) is 0 Å². The van der Waals surface area contributed by atoms with Crippen molar-refractivity contribution in [2.45, 2.75) is 0 Å². The van der Waals surface area contributed by atoms with Crippen LogP contribution in [-0.4, -0.2) is 24.2 Å². The van der Waals surface area contributed by atoms with E-state index < -0.39 is 5.97 Å². The van der Waals surface area contributed by atoms with E-state index in [1.165, 1.54) is 24.3 Å². The van der Waals surface area contributed by atoms with Crippen molar-refractivity contribution in [3.8, 4) is 5.75 Å². The predicted octanol–water partition coefficient (Wildman–Crippen LogP) is 4.00. The van der Waals surface area contributed by atoms with Crippen molar-refractivity contribution in [3.63, 3.8) is 0 Å². The van der Waals surface area contributed by atoms with Crippen LogP contribution in [0.1, 0.15) is 10.5 Å². The molecule has 1 heterocycles. The van der Waals surface area contributed by atoms with Crippen LogP contribution in [0.2, 0.25) is 15.2 Å². The maximum Gasteiger partial charge on any atom is 0.358 e. The highest BCUT2D eigenvalue weighted by molar-refractivity contribution is 6.46. The summed E-state index contributed by atoms with van der Waals surface area (Å²) < 4.78 is 23.0. The lowest BCUT2D eigenvalue weighted by molar-refractivity contribution is 0.0444. The molecule has 5 nitrogen and oxygen atoms in total. The fourth-order valence-electron chi connectivity index (χ4n) is 1.56. The van der Waals surface area contributed by atoms with Gasteiger partial charge in [0.05, 0.1) is 10.7 Å². The first kappa shape index (κ1) is 17.6. The normalized spacial score (nSPS) is 10.4. The highest BCUT2D eigenvalue weighted by atomic mass is 35.5. The molecular weight excluding hydrogens is 370 g/mol. The van der Waals surface area contributed by atoms with E-state index in [0.717, 1.165) is 0 Å². The number of halogens is 4. The van der Waals surface area contributed by atoms with Gasteiger partial charge in [-0.1, -0.05) is 34.8 Å². The van der Waals surface area contributed by atoms with E-state index in [4.69, 9.17) is 50.0 Å². The molecule has 0 aliphatic heterocycles. The summed E-state index contributed by atoms with van der Waals surface area (Å²) in [6, 6.07) is 5.41. The van der Waals surface area contributed by atoms with Crippen LogP contribution in [0.5, 0.6) is 5.75 Å². The van der Waals surface area contributed by atoms with Gasteiger partial charge < -0.3 is 15.2 Å². The number of nitrogens with zero attached hydrogens (tertiary/aromatic N) is 1. The lowest BCUT2D eigenvalue weighted by atomic mass is 10.3. The van der Waals surface area contributed by atoms with E-state index in [2.05, 4.69) is 4.98 Å². The number of esters is 1. The number of pyridine rings is 1. The smallest absolute Gasteiger partial charge is 0.358 e. The summed E-state index contributed by atoms with van der Waals surface area (Å²) >= 11 is 17.4. The van der Waals surface area contributed by atoms with Crippen LogP contribution in [0.3, 0.4) is 0 Å². The molecule has 122 valence electrons. The maximum atomic E-state index is 12.7. The average Bonchev–Trinajstić information content (AvgIpc) is 2.54. The molecule has 2 rings (SSSR count). The Hall–Kier alpha value is -1.76. The third kappa shape index (κ3) is 4.37. The summed E-state index contributed by atoms with van der Waals surface area (Å²) in [5, 5.41) is -0.320. The number of ether oxygens (including phenoxy) is 2. The van der Waals surface area contributed by atoms with Gasteiger partial charge in [-0.2, -0.15) is 0 Å². The van der Waals surface area contributed by atoms with Gasteiger partial charge in [0, 0.05) is 0 Å². The fraction of sp³-hybridized carbons (Fsp3) is 0.143. The molecular formula is C14H10Cl3FN2O3. The van der Waals surface area contributed by atoms with Gasteiger partial charge in [-0.3, -0.25) is 0 Å². The average molecular weight is 380 g/mol. The number of carbonyl (C=O) groups is 1. The minimum Gasteiger partial charge on any atom is -0.490 e. The Bertz CT molecular complexity index is 726. The van der Waals surface area contributed by atoms with Gasteiger partial charge in [-0.05, 0) is 24.3 Å². The van der Waals surface area contributed by atoms with E-state index in [1.54, 1.807) is 0 Å². The van der Waals surface area contributed by atoms with E-state index in [9.17, 15) is 9.18 Å². The number of hydrogen-bond acceptors (Lipinski definition) is 5. The molecule has 0 aliphatic rings. The van der Waals surface area contributed by atoms with Gasteiger partial charge in [0.15, 0.2) is 10.8 Å². The largest absolute Gasteiger partial charge is 0.490 e. The summed E-state index contributed by atoms with van der Waals surface area (Å²) in [5.41, 5.74) is 5.32. The van der Waals surface area contributed by atoms with E-state index >= 15 is 0 Å². The Morgan fingerprint density at radius 1 is 1.13 bits per heavy atom. The van der Waals surface area contributed by atoms with Crippen LogP contribution in [0, 0.1) is 5.82 Å². The van der Waals surface area contributed by atoms with Crippen LogP contribution in [0.4, 0.5) is 10.1 Å². The van der Waals surface area contributed by atoms with Crippen molar-refractivity contribution in [1.82, 2.24) is 4.98 Å². The van der Waals surface area contributed by atoms with Gasteiger partial charge in [0.2, 0.25) is 0 Å². The standard InChI is InChI=1S/C14H10Cl3FN2O3/c15-9-11(19)10(16)13(17)20-12(9)14(21)23-6-5-22-8-3-1-7(18)2-4-8/h1-4H,5-6H2,(H2,19,20). The molecule has 0 unspecified atom stereocenters.